The quantitative estimate of drug-likeness (QED) is 0.244. The molecule has 198 valence electrons. The number of rotatable bonds is 6. The molecule has 2 aromatic carbocycles. The van der Waals surface area contributed by atoms with Crippen molar-refractivity contribution in [2.24, 2.45) is 5.92 Å². The standard InChI is InChI=1S/C27H25F4N5O2/c1-2-38-25(37)11-16-7-9-36(10-8-16)24-15-32-23(14-33-24)17-3-5-19(20(28)12-17)26-34-21-6-4-18(27(29,30)31)13-22(21)35-26/h3-6,12-16H,2,7-11H2,1H3,(H,34,35). The van der Waals surface area contributed by atoms with Crippen molar-refractivity contribution in [3.05, 3.63) is 60.2 Å². The summed E-state index contributed by atoms with van der Waals surface area (Å²) < 4.78 is 59.1. The van der Waals surface area contributed by atoms with Crippen LogP contribution in [0.1, 0.15) is 31.7 Å². The first-order chi connectivity index (χ1) is 18.2. The fourth-order valence-corrected chi connectivity index (χ4v) is 4.63. The van der Waals surface area contributed by atoms with E-state index in [2.05, 4.69) is 24.8 Å². The first-order valence-corrected chi connectivity index (χ1v) is 12.3. The molecule has 1 aliphatic heterocycles. The average molecular weight is 528 g/mol. The normalized spacial score (nSPS) is 14.7. The molecule has 0 spiro atoms. The van der Waals surface area contributed by atoms with E-state index in [1.165, 1.54) is 18.2 Å². The molecule has 38 heavy (non-hydrogen) atoms. The van der Waals surface area contributed by atoms with Gasteiger partial charge in [-0.1, -0.05) is 6.07 Å². The fraction of sp³-hybridized carbons (Fsp3) is 0.333. The number of hydrogen-bond donors (Lipinski definition) is 1. The molecule has 1 aliphatic rings. The first kappa shape index (κ1) is 25.6. The number of hydrogen-bond acceptors (Lipinski definition) is 6. The minimum atomic E-state index is -4.49. The number of halogens is 4. The van der Waals surface area contributed by atoms with E-state index in [-0.39, 0.29) is 28.8 Å². The maximum atomic E-state index is 15.0. The van der Waals surface area contributed by atoms with Crippen molar-refractivity contribution in [2.45, 2.75) is 32.4 Å². The van der Waals surface area contributed by atoms with Crippen molar-refractivity contribution in [2.75, 3.05) is 24.6 Å². The summed E-state index contributed by atoms with van der Waals surface area (Å²) in [5, 5.41) is 0. The molecule has 11 heteroatoms. The maximum Gasteiger partial charge on any atom is 0.416 e. The Morgan fingerprint density at radius 3 is 2.55 bits per heavy atom. The van der Waals surface area contributed by atoms with Gasteiger partial charge in [0.25, 0.3) is 0 Å². The van der Waals surface area contributed by atoms with Crippen LogP contribution in [0.2, 0.25) is 0 Å². The zero-order valence-corrected chi connectivity index (χ0v) is 20.6. The zero-order valence-electron chi connectivity index (χ0n) is 20.6. The highest BCUT2D eigenvalue weighted by molar-refractivity contribution is 5.80. The molecule has 1 saturated heterocycles. The van der Waals surface area contributed by atoms with Crippen LogP contribution < -0.4 is 4.90 Å². The van der Waals surface area contributed by atoms with Crippen LogP contribution in [0, 0.1) is 11.7 Å². The van der Waals surface area contributed by atoms with E-state index in [1.54, 1.807) is 25.4 Å². The third-order valence-corrected chi connectivity index (χ3v) is 6.67. The molecule has 4 aromatic rings. The number of carbonyl (C=O) groups excluding carboxylic acids is 1. The summed E-state index contributed by atoms with van der Waals surface area (Å²) in [6, 6.07) is 7.64. The number of esters is 1. The number of anilines is 1. The highest BCUT2D eigenvalue weighted by Crippen LogP contribution is 2.33. The van der Waals surface area contributed by atoms with Crippen LogP contribution in [0.5, 0.6) is 0 Å². The van der Waals surface area contributed by atoms with Crippen LogP contribution in [0.25, 0.3) is 33.7 Å². The summed E-state index contributed by atoms with van der Waals surface area (Å²) in [6.07, 6.45) is 0.870. The summed E-state index contributed by atoms with van der Waals surface area (Å²) in [6.45, 7) is 3.69. The van der Waals surface area contributed by atoms with Crippen LogP contribution in [-0.4, -0.2) is 45.6 Å². The van der Waals surface area contributed by atoms with Gasteiger partial charge in [-0.3, -0.25) is 9.78 Å². The van der Waals surface area contributed by atoms with Gasteiger partial charge >= 0.3 is 12.1 Å². The lowest BCUT2D eigenvalue weighted by molar-refractivity contribution is -0.144. The summed E-state index contributed by atoms with van der Waals surface area (Å²) >= 11 is 0. The van der Waals surface area contributed by atoms with Gasteiger partial charge in [0.1, 0.15) is 17.5 Å². The SMILES string of the molecule is CCOC(=O)CC1CCN(c2cnc(-c3ccc(-c4nc5cc(C(F)(F)F)ccc5[nH]4)c(F)c3)cn2)CC1. The molecule has 0 aliphatic carbocycles. The van der Waals surface area contributed by atoms with E-state index in [0.717, 1.165) is 38.1 Å². The predicted octanol–water partition coefficient (Wildman–Crippen LogP) is 6.01. The lowest BCUT2D eigenvalue weighted by Gasteiger charge is -2.32. The Balaban J connectivity index is 1.27. The predicted molar refractivity (Wildman–Crippen MR) is 134 cm³/mol. The van der Waals surface area contributed by atoms with Crippen LogP contribution in [0.4, 0.5) is 23.4 Å². The second-order valence-electron chi connectivity index (χ2n) is 9.21. The lowest BCUT2D eigenvalue weighted by Crippen LogP contribution is -2.35. The molecule has 2 aromatic heterocycles. The molecular weight excluding hydrogens is 502 g/mol. The molecule has 1 fully saturated rings. The number of H-pyrrole nitrogens is 1. The Hall–Kier alpha value is -4.02. The Labute approximate surface area is 215 Å². The molecule has 1 N–H and O–H groups in total. The van der Waals surface area contributed by atoms with Gasteiger partial charge in [0.15, 0.2) is 0 Å². The molecule has 0 bridgehead atoms. The first-order valence-electron chi connectivity index (χ1n) is 12.3. The second-order valence-corrected chi connectivity index (χ2v) is 9.21. The second kappa shape index (κ2) is 10.4. The number of aromatic nitrogens is 4. The minimum Gasteiger partial charge on any atom is -0.466 e. The third-order valence-electron chi connectivity index (χ3n) is 6.67. The lowest BCUT2D eigenvalue weighted by atomic mass is 9.93. The largest absolute Gasteiger partial charge is 0.466 e. The number of ether oxygens (including phenoxy) is 1. The van der Waals surface area contributed by atoms with E-state index in [4.69, 9.17) is 4.74 Å². The van der Waals surface area contributed by atoms with Crippen molar-refractivity contribution in [1.82, 2.24) is 19.9 Å². The number of imidazole rings is 1. The molecular formula is C27H25F4N5O2. The topological polar surface area (TPSA) is 84.0 Å². The smallest absolute Gasteiger partial charge is 0.416 e. The summed E-state index contributed by atoms with van der Waals surface area (Å²) in [5.41, 5.74) is 0.785. The van der Waals surface area contributed by atoms with Crippen LogP contribution >= 0.6 is 0 Å². The van der Waals surface area contributed by atoms with Crippen molar-refractivity contribution >= 4 is 22.8 Å². The van der Waals surface area contributed by atoms with Crippen molar-refractivity contribution < 1.29 is 27.1 Å². The van der Waals surface area contributed by atoms with Gasteiger partial charge in [-0.2, -0.15) is 13.2 Å². The zero-order chi connectivity index (χ0) is 26.9. The van der Waals surface area contributed by atoms with Gasteiger partial charge in [-0.15, -0.1) is 0 Å². The maximum absolute atomic E-state index is 15.0. The third kappa shape index (κ3) is 5.46. The summed E-state index contributed by atoms with van der Waals surface area (Å²) in [7, 11) is 0. The number of piperidine rings is 1. The van der Waals surface area contributed by atoms with Crippen molar-refractivity contribution in [3.63, 3.8) is 0 Å². The van der Waals surface area contributed by atoms with Gasteiger partial charge in [0.2, 0.25) is 0 Å². The number of nitrogens with one attached hydrogen (secondary N) is 1. The summed E-state index contributed by atoms with van der Waals surface area (Å²) in [4.78, 5) is 29.8. The van der Waals surface area contributed by atoms with E-state index in [0.29, 0.717) is 35.6 Å². The van der Waals surface area contributed by atoms with E-state index in [9.17, 15) is 18.0 Å². The fourth-order valence-electron chi connectivity index (χ4n) is 4.63. The van der Waals surface area contributed by atoms with Gasteiger partial charge < -0.3 is 14.6 Å². The van der Waals surface area contributed by atoms with Gasteiger partial charge in [0.05, 0.1) is 46.9 Å². The van der Waals surface area contributed by atoms with Gasteiger partial charge in [0, 0.05) is 25.1 Å². The van der Waals surface area contributed by atoms with Crippen LogP contribution in [0.3, 0.4) is 0 Å². The van der Waals surface area contributed by atoms with Crippen molar-refractivity contribution in [1.29, 1.82) is 0 Å². The number of carbonyl (C=O) groups is 1. The highest BCUT2D eigenvalue weighted by atomic mass is 19.4. The Morgan fingerprint density at radius 2 is 1.89 bits per heavy atom. The molecule has 0 radical (unpaired) electrons. The molecule has 0 unspecified atom stereocenters. The van der Waals surface area contributed by atoms with Gasteiger partial charge in [-0.25, -0.2) is 14.4 Å². The molecule has 3 heterocycles. The Bertz CT molecular complexity index is 1440. The molecule has 5 rings (SSSR count). The minimum absolute atomic E-state index is 0.102. The Morgan fingerprint density at radius 1 is 1.11 bits per heavy atom. The summed E-state index contributed by atoms with van der Waals surface area (Å²) in [5.74, 6) is 0.381. The number of alkyl halides is 3. The van der Waals surface area contributed by atoms with E-state index >= 15 is 4.39 Å². The van der Waals surface area contributed by atoms with Crippen LogP contribution in [0.15, 0.2) is 48.8 Å². The van der Waals surface area contributed by atoms with Gasteiger partial charge in [-0.05, 0) is 56.0 Å². The molecule has 7 nitrogen and oxygen atoms in total. The number of fused-ring (bicyclic) bond motifs is 1. The number of benzene rings is 2. The molecule has 0 amide bonds. The van der Waals surface area contributed by atoms with E-state index < -0.39 is 17.6 Å². The monoisotopic (exact) mass is 527 g/mol. The van der Waals surface area contributed by atoms with Crippen LogP contribution in [-0.2, 0) is 15.7 Å². The number of aromatic amines is 1. The molecule has 0 atom stereocenters. The average Bonchev–Trinajstić information content (AvgIpc) is 3.32. The highest BCUT2D eigenvalue weighted by Gasteiger charge is 2.31. The van der Waals surface area contributed by atoms with Crippen molar-refractivity contribution in [3.8, 4) is 22.6 Å². The van der Waals surface area contributed by atoms with E-state index in [1.807, 2.05) is 0 Å². The Kier molecular flexibility index (Phi) is 7.00. The molecule has 0 saturated carbocycles. The number of nitrogens with zero attached hydrogens (tertiary/aromatic N) is 4.